The molecule has 0 saturated carbocycles. The summed E-state index contributed by atoms with van der Waals surface area (Å²) in [6.45, 7) is 27.2. The van der Waals surface area contributed by atoms with Crippen molar-refractivity contribution in [3.63, 3.8) is 0 Å². The van der Waals surface area contributed by atoms with Crippen LogP contribution in [0.1, 0.15) is 81.6 Å². The summed E-state index contributed by atoms with van der Waals surface area (Å²) in [7, 11) is 0. The van der Waals surface area contributed by atoms with Gasteiger partial charge < -0.3 is 5.73 Å². The molecule has 3 N–H and O–H groups in total. The molecule has 0 fully saturated rings. The molecule has 0 radical (unpaired) electrons. The first-order valence-corrected chi connectivity index (χ1v) is 10.6. The van der Waals surface area contributed by atoms with Gasteiger partial charge in [-0.2, -0.15) is 0 Å². The molecule has 0 aromatic rings. The minimum Gasteiger partial charge on any atom is -0.402 e. The van der Waals surface area contributed by atoms with Gasteiger partial charge in [0.2, 0.25) is 0 Å². The Balaban J connectivity index is 6.91. The largest absolute Gasteiger partial charge is 0.402 e. The molecule has 2 heteroatoms. The highest BCUT2D eigenvalue weighted by Gasteiger charge is 2.20. The normalized spacial score (nSPS) is 14.4. The molecule has 0 spiro atoms. The molecule has 0 bridgehead atoms. The lowest BCUT2D eigenvalue weighted by Crippen LogP contribution is -2.13. The Bertz CT molecular complexity index is 817. The summed E-state index contributed by atoms with van der Waals surface area (Å²) < 4.78 is 0. The molecular formula is C27H42N2. The number of nitrogens with one attached hydrogen (secondary N) is 1. The highest BCUT2D eigenvalue weighted by atomic mass is 14.6. The molecule has 0 saturated heterocycles. The fourth-order valence-corrected chi connectivity index (χ4v) is 3.44. The van der Waals surface area contributed by atoms with Crippen molar-refractivity contribution in [1.82, 2.24) is 0 Å². The predicted octanol–water partition coefficient (Wildman–Crippen LogP) is 8.13. The van der Waals surface area contributed by atoms with Crippen molar-refractivity contribution in [2.24, 2.45) is 5.73 Å². The summed E-state index contributed by atoms with van der Waals surface area (Å²) in [5.41, 5.74) is 17.2. The summed E-state index contributed by atoms with van der Waals surface area (Å²) in [4.78, 5) is 0. The van der Waals surface area contributed by atoms with Gasteiger partial charge in [-0.1, -0.05) is 57.2 Å². The van der Waals surface area contributed by atoms with E-state index >= 15 is 0 Å². The maximum absolute atomic E-state index is 9.10. The van der Waals surface area contributed by atoms with Crippen LogP contribution in [0.3, 0.4) is 0 Å². The second-order valence-corrected chi connectivity index (χ2v) is 7.61. The first-order chi connectivity index (χ1) is 13.5. The summed E-state index contributed by atoms with van der Waals surface area (Å²) in [5, 5.41) is 9.10. The third kappa shape index (κ3) is 6.32. The van der Waals surface area contributed by atoms with E-state index in [2.05, 4.69) is 74.6 Å². The van der Waals surface area contributed by atoms with Crippen molar-refractivity contribution in [2.75, 3.05) is 0 Å². The van der Waals surface area contributed by atoms with E-state index < -0.39 is 0 Å². The monoisotopic (exact) mass is 394 g/mol. The maximum atomic E-state index is 9.10. The zero-order valence-electron chi connectivity index (χ0n) is 20.3. The van der Waals surface area contributed by atoms with Crippen LogP contribution in [0.4, 0.5) is 0 Å². The minimum absolute atomic E-state index is 0.490. The Morgan fingerprint density at radius 3 is 1.76 bits per heavy atom. The van der Waals surface area contributed by atoms with Crippen LogP contribution >= 0.6 is 0 Å². The minimum atomic E-state index is 0.490. The van der Waals surface area contributed by atoms with E-state index in [1.807, 2.05) is 13.0 Å². The second kappa shape index (κ2) is 12.3. The molecule has 29 heavy (non-hydrogen) atoms. The Kier molecular flexibility index (Phi) is 11.3. The lowest BCUT2D eigenvalue weighted by Gasteiger charge is -2.22. The molecule has 0 aliphatic rings. The van der Waals surface area contributed by atoms with Crippen LogP contribution in [0.15, 0.2) is 81.2 Å². The maximum Gasteiger partial charge on any atom is 0.0686 e. The fraction of sp³-hybridized carbons (Fsp3) is 0.444. The smallest absolute Gasteiger partial charge is 0.0686 e. The predicted molar refractivity (Wildman–Crippen MR) is 132 cm³/mol. The second-order valence-electron chi connectivity index (χ2n) is 7.61. The lowest BCUT2D eigenvalue weighted by molar-refractivity contribution is 0.983. The molecule has 0 atom stereocenters. The first-order valence-electron chi connectivity index (χ1n) is 10.6. The van der Waals surface area contributed by atoms with Gasteiger partial charge in [0.05, 0.1) is 5.71 Å². The van der Waals surface area contributed by atoms with Gasteiger partial charge in [-0.3, -0.25) is 5.41 Å². The number of allylic oxidation sites excluding steroid dienone is 12. The summed E-state index contributed by atoms with van der Waals surface area (Å²) in [5.74, 6) is 0. The number of hydrogen-bond donors (Lipinski definition) is 2. The van der Waals surface area contributed by atoms with Gasteiger partial charge in [0.15, 0.2) is 0 Å². The standard InChI is InChI=1S/C27H42N2/c1-12-18(8)20(10)26(19(9)17(6)7)27(29)21(11)22(13-2)23(14-3)24(15-4)25(28)16-5/h12,15,29H,4,11,13-14,16,28H2,1-3,5-10H3/b18-12-,23-22-,25-24+,26-20-,29-27?. The van der Waals surface area contributed by atoms with Crippen LogP contribution < -0.4 is 5.73 Å². The molecule has 0 aromatic carbocycles. The van der Waals surface area contributed by atoms with E-state index in [0.717, 1.165) is 64.0 Å². The average molecular weight is 395 g/mol. The average Bonchev–Trinajstić information content (AvgIpc) is 2.71. The van der Waals surface area contributed by atoms with Crippen molar-refractivity contribution in [1.29, 1.82) is 5.41 Å². The zero-order chi connectivity index (χ0) is 22.9. The van der Waals surface area contributed by atoms with Gasteiger partial charge in [-0.15, -0.1) is 0 Å². The SMILES string of the molecule is C=CC(/C(CC)=C(/CC)C(=C)C(=N)/C(C(C)=C(C)C)=C(C)\C(C)=C/C)=C(\N)CC. The highest BCUT2D eigenvalue weighted by Crippen LogP contribution is 2.33. The molecule has 0 unspecified atom stereocenters. The number of rotatable bonds is 10. The fourth-order valence-electron chi connectivity index (χ4n) is 3.44. The summed E-state index contributed by atoms with van der Waals surface area (Å²) in [6, 6.07) is 0. The quantitative estimate of drug-likeness (QED) is 0.285. The highest BCUT2D eigenvalue weighted by molar-refractivity contribution is 6.16. The van der Waals surface area contributed by atoms with Crippen molar-refractivity contribution >= 4 is 5.71 Å². The van der Waals surface area contributed by atoms with Gasteiger partial charge in [0.25, 0.3) is 0 Å². The molecule has 160 valence electrons. The van der Waals surface area contributed by atoms with Gasteiger partial charge in [-0.25, -0.2) is 0 Å². The molecule has 0 amide bonds. The van der Waals surface area contributed by atoms with Gasteiger partial charge in [0.1, 0.15) is 0 Å². The van der Waals surface area contributed by atoms with Gasteiger partial charge >= 0.3 is 0 Å². The topological polar surface area (TPSA) is 49.9 Å². The van der Waals surface area contributed by atoms with E-state index in [0.29, 0.717) is 5.71 Å². The van der Waals surface area contributed by atoms with E-state index in [4.69, 9.17) is 11.1 Å². The Morgan fingerprint density at radius 2 is 1.41 bits per heavy atom. The van der Waals surface area contributed by atoms with E-state index in [1.54, 1.807) is 0 Å². The number of hydrogen-bond acceptors (Lipinski definition) is 2. The Hall–Kier alpha value is -2.35. The molecule has 0 heterocycles. The number of nitrogens with two attached hydrogens (primary N) is 1. The van der Waals surface area contributed by atoms with Gasteiger partial charge in [-0.05, 0) is 94.2 Å². The van der Waals surface area contributed by atoms with Gasteiger partial charge in [0, 0.05) is 11.3 Å². The van der Waals surface area contributed by atoms with Crippen molar-refractivity contribution < 1.29 is 0 Å². The van der Waals surface area contributed by atoms with Crippen LogP contribution in [0.5, 0.6) is 0 Å². The van der Waals surface area contributed by atoms with Crippen LogP contribution in [-0.4, -0.2) is 5.71 Å². The molecule has 0 aromatic heterocycles. The van der Waals surface area contributed by atoms with Crippen LogP contribution in [0, 0.1) is 5.41 Å². The lowest BCUT2D eigenvalue weighted by atomic mass is 9.83. The molecule has 2 nitrogen and oxygen atoms in total. The molecular weight excluding hydrogens is 352 g/mol. The van der Waals surface area contributed by atoms with Crippen LogP contribution in [0.2, 0.25) is 0 Å². The van der Waals surface area contributed by atoms with E-state index in [-0.39, 0.29) is 0 Å². The molecule has 0 aliphatic carbocycles. The third-order valence-electron chi connectivity index (χ3n) is 5.77. The van der Waals surface area contributed by atoms with Crippen molar-refractivity contribution in [3.8, 4) is 0 Å². The molecule has 0 aliphatic heterocycles. The van der Waals surface area contributed by atoms with E-state index in [1.165, 1.54) is 11.1 Å². The summed E-state index contributed by atoms with van der Waals surface area (Å²) in [6.07, 6.45) is 6.33. The molecule has 0 rings (SSSR count). The Labute approximate surface area is 179 Å². The third-order valence-corrected chi connectivity index (χ3v) is 5.77. The zero-order valence-corrected chi connectivity index (χ0v) is 20.3. The summed E-state index contributed by atoms with van der Waals surface area (Å²) >= 11 is 0. The van der Waals surface area contributed by atoms with E-state index in [9.17, 15) is 0 Å². The van der Waals surface area contributed by atoms with Crippen LogP contribution in [0.25, 0.3) is 0 Å². The first kappa shape index (κ1) is 26.6. The van der Waals surface area contributed by atoms with Crippen molar-refractivity contribution in [2.45, 2.75) is 81.6 Å². The van der Waals surface area contributed by atoms with Crippen molar-refractivity contribution in [3.05, 3.63) is 81.2 Å². The Morgan fingerprint density at radius 1 is 0.897 bits per heavy atom. The van der Waals surface area contributed by atoms with Crippen LogP contribution in [-0.2, 0) is 0 Å².